The van der Waals surface area contributed by atoms with Gasteiger partial charge in [0, 0.05) is 27.4 Å². The van der Waals surface area contributed by atoms with Crippen LogP contribution in [0.4, 0.5) is 0 Å². The molecule has 1 aromatic rings. The molecule has 4 nitrogen and oxygen atoms in total. The minimum Gasteiger partial charge on any atom is -0.496 e. The topological polar surface area (TPSA) is 36.9 Å². The second-order valence-corrected chi connectivity index (χ2v) is 7.63. The van der Waals surface area contributed by atoms with Gasteiger partial charge in [-0.2, -0.15) is 0 Å². The maximum Gasteiger partial charge on any atom is 0.500 e. The van der Waals surface area contributed by atoms with E-state index in [-0.39, 0.29) is 0 Å². The molecule has 0 aliphatic carbocycles. The van der Waals surface area contributed by atoms with Gasteiger partial charge in [-0.05, 0) is 43.0 Å². The molecule has 0 radical (unpaired) electrons. The van der Waals surface area contributed by atoms with E-state index in [0.29, 0.717) is 0 Å². The van der Waals surface area contributed by atoms with E-state index in [2.05, 4.69) is 26.0 Å². The third kappa shape index (κ3) is 3.79. The number of ether oxygens (including phenoxy) is 1. The van der Waals surface area contributed by atoms with Crippen LogP contribution in [0, 0.1) is 13.8 Å². The predicted octanol–water partition coefficient (Wildman–Crippen LogP) is 2.73. The highest BCUT2D eigenvalue weighted by Crippen LogP contribution is 2.26. The van der Waals surface area contributed by atoms with Gasteiger partial charge in [0.15, 0.2) is 0 Å². The average Bonchev–Trinajstić information content (AvgIpc) is 2.44. The molecule has 0 heterocycles. The summed E-state index contributed by atoms with van der Waals surface area (Å²) in [7, 11) is 4.08. The molecule has 0 aromatic heterocycles. The lowest BCUT2D eigenvalue weighted by molar-refractivity contribution is 0.123. The molecule has 0 unspecified atom stereocenters. The first-order chi connectivity index (χ1) is 9.01. The van der Waals surface area contributed by atoms with Crippen LogP contribution in [0.25, 0.3) is 0 Å². The molecule has 0 aliphatic heterocycles. The van der Waals surface area contributed by atoms with Crippen molar-refractivity contribution in [2.24, 2.45) is 0 Å². The van der Waals surface area contributed by atoms with Gasteiger partial charge in [-0.25, -0.2) is 0 Å². The highest BCUT2D eigenvalue weighted by molar-refractivity contribution is 6.60. The fourth-order valence-corrected chi connectivity index (χ4v) is 3.77. The zero-order valence-corrected chi connectivity index (χ0v) is 13.7. The van der Waals surface area contributed by atoms with Crippen molar-refractivity contribution in [3.63, 3.8) is 0 Å². The predicted molar refractivity (Wildman–Crippen MR) is 77.8 cm³/mol. The van der Waals surface area contributed by atoms with Crippen LogP contribution in [0.1, 0.15) is 16.7 Å². The highest BCUT2D eigenvalue weighted by Gasteiger charge is 2.37. The zero-order chi connectivity index (χ0) is 14.5. The van der Waals surface area contributed by atoms with Crippen molar-refractivity contribution >= 4 is 8.80 Å². The summed E-state index contributed by atoms with van der Waals surface area (Å²) in [4.78, 5) is 0. The molecule has 0 N–H and O–H groups in total. The molecule has 0 atom stereocenters. The van der Waals surface area contributed by atoms with Crippen molar-refractivity contribution in [3.8, 4) is 5.75 Å². The summed E-state index contributed by atoms with van der Waals surface area (Å²) in [6.45, 7) is 4.19. The molecule has 19 heavy (non-hydrogen) atoms. The molecular weight excluding hydrogens is 260 g/mol. The highest BCUT2D eigenvalue weighted by atomic mass is 28.4. The summed E-state index contributed by atoms with van der Waals surface area (Å²) in [5.41, 5.74) is 3.65. The van der Waals surface area contributed by atoms with E-state index in [4.69, 9.17) is 18.0 Å². The van der Waals surface area contributed by atoms with E-state index in [0.717, 1.165) is 23.8 Å². The Kier molecular flexibility index (Phi) is 6.00. The summed E-state index contributed by atoms with van der Waals surface area (Å²) in [6.07, 6.45) is 0.812. The monoisotopic (exact) mass is 284 g/mol. The molecule has 108 valence electrons. The Morgan fingerprint density at radius 2 is 1.42 bits per heavy atom. The van der Waals surface area contributed by atoms with Gasteiger partial charge in [-0.15, -0.1) is 0 Å². The molecule has 5 heteroatoms. The Labute approximate surface area is 117 Å². The van der Waals surface area contributed by atoms with Gasteiger partial charge in [0.25, 0.3) is 0 Å². The number of benzene rings is 1. The molecule has 1 aromatic carbocycles. The molecule has 0 bridgehead atoms. The van der Waals surface area contributed by atoms with Gasteiger partial charge < -0.3 is 18.0 Å². The first-order valence-electron chi connectivity index (χ1n) is 6.31. The largest absolute Gasteiger partial charge is 0.500 e. The standard InChI is InChI=1S/C14H24O4Si/c1-11-9-13(14(15-3)10-12(11)2)7-8-19(16-4,17-5)18-6/h9-10H,7-8H2,1-6H3. The fourth-order valence-electron chi connectivity index (χ4n) is 2.08. The maximum absolute atomic E-state index is 5.44. The number of rotatable bonds is 7. The van der Waals surface area contributed by atoms with Crippen LogP contribution in [0.3, 0.4) is 0 Å². The lowest BCUT2D eigenvalue weighted by Crippen LogP contribution is -2.43. The van der Waals surface area contributed by atoms with Crippen LogP contribution in [-0.2, 0) is 19.7 Å². The average molecular weight is 284 g/mol. The van der Waals surface area contributed by atoms with Gasteiger partial charge in [0.2, 0.25) is 0 Å². The Morgan fingerprint density at radius 1 is 0.895 bits per heavy atom. The van der Waals surface area contributed by atoms with Gasteiger partial charge in [-0.3, -0.25) is 0 Å². The summed E-state index contributed by atoms with van der Waals surface area (Å²) >= 11 is 0. The van der Waals surface area contributed by atoms with Crippen molar-refractivity contribution in [2.45, 2.75) is 26.3 Å². The SMILES string of the molecule is COc1cc(C)c(C)cc1CC[Si](OC)(OC)OC. The van der Waals surface area contributed by atoms with Gasteiger partial charge in [-0.1, -0.05) is 6.07 Å². The summed E-state index contributed by atoms with van der Waals surface area (Å²) in [5.74, 6) is 0.911. The van der Waals surface area contributed by atoms with Crippen molar-refractivity contribution < 1.29 is 18.0 Å². The Hall–Kier alpha value is -0.883. The van der Waals surface area contributed by atoms with E-state index in [1.807, 2.05) is 0 Å². The Balaban J connectivity index is 2.90. The molecule has 0 aliphatic rings. The van der Waals surface area contributed by atoms with Gasteiger partial charge >= 0.3 is 8.80 Å². The fraction of sp³-hybridized carbons (Fsp3) is 0.571. The van der Waals surface area contributed by atoms with Crippen molar-refractivity contribution in [2.75, 3.05) is 28.4 Å². The van der Waals surface area contributed by atoms with Crippen molar-refractivity contribution in [1.82, 2.24) is 0 Å². The molecule has 0 saturated heterocycles. The van der Waals surface area contributed by atoms with Gasteiger partial charge in [0.1, 0.15) is 5.75 Å². The maximum atomic E-state index is 5.44. The van der Waals surface area contributed by atoms with Crippen LogP contribution in [0.15, 0.2) is 12.1 Å². The normalized spacial score (nSPS) is 11.7. The third-order valence-corrected chi connectivity index (χ3v) is 6.26. The third-order valence-electron chi connectivity index (χ3n) is 3.53. The minimum atomic E-state index is -2.52. The van der Waals surface area contributed by atoms with Gasteiger partial charge in [0.05, 0.1) is 7.11 Å². The second-order valence-electron chi connectivity index (χ2n) is 4.54. The quantitative estimate of drug-likeness (QED) is 0.721. The number of aryl methyl sites for hydroxylation is 3. The molecule has 0 amide bonds. The molecular formula is C14H24O4Si. The first kappa shape index (κ1) is 16.2. The number of hydrogen-bond acceptors (Lipinski definition) is 4. The van der Waals surface area contributed by atoms with Crippen LogP contribution in [0.2, 0.25) is 6.04 Å². The Morgan fingerprint density at radius 3 is 1.89 bits per heavy atom. The van der Waals surface area contributed by atoms with E-state index in [1.165, 1.54) is 11.1 Å². The van der Waals surface area contributed by atoms with E-state index < -0.39 is 8.80 Å². The van der Waals surface area contributed by atoms with Crippen LogP contribution < -0.4 is 4.74 Å². The smallest absolute Gasteiger partial charge is 0.496 e. The molecule has 0 spiro atoms. The number of hydrogen-bond donors (Lipinski definition) is 0. The van der Waals surface area contributed by atoms with Crippen LogP contribution >= 0.6 is 0 Å². The summed E-state index contributed by atoms with van der Waals surface area (Å²) in [6, 6.07) is 4.96. The minimum absolute atomic E-state index is 0.732. The van der Waals surface area contributed by atoms with Crippen LogP contribution in [-0.4, -0.2) is 37.2 Å². The summed E-state index contributed by atoms with van der Waals surface area (Å²) in [5, 5.41) is 0. The lowest BCUT2D eigenvalue weighted by atomic mass is 10.0. The Bertz CT molecular complexity index is 408. The number of methoxy groups -OCH3 is 1. The van der Waals surface area contributed by atoms with Crippen LogP contribution in [0.5, 0.6) is 5.75 Å². The first-order valence-corrected chi connectivity index (χ1v) is 8.24. The second kappa shape index (κ2) is 7.05. The van der Waals surface area contributed by atoms with E-state index in [9.17, 15) is 0 Å². The molecule has 0 fully saturated rings. The molecule has 1 rings (SSSR count). The van der Waals surface area contributed by atoms with Crippen molar-refractivity contribution in [1.29, 1.82) is 0 Å². The van der Waals surface area contributed by atoms with Crippen molar-refractivity contribution in [3.05, 3.63) is 28.8 Å². The zero-order valence-electron chi connectivity index (χ0n) is 12.7. The lowest BCUT2D eigenvalue weighted by Gasteiger charge is -2.24. The molecule has 0 saturated carbocycles. The summed E-state index contributed by atoms with van der Waals surface area (Å²) < 4.78 is 21.8. The van der Waals surface area contributed by atoms with E-state index >= 15 is 0 Å². The van der Waals surface area contributed by atoms with E-state index in [1.54, 1.807) is 28.4 Å².